The van der Waals surface area contributed by atoms with Gasteiger partial charge < -0.3 is 19.7 Å². The number of amidine groups is 1. The van der Waals surface area contributed by atoms with Gasteiger partial charge in [0.05, 0.1) is 18.1 Å². The third-order valence-electron chi connectivity index (χ3n) is 5.50. The lowest BCUT2D eigenvalue weighted by Crippen LogP contribution is -2.36. The summed E-state index contributed by atoms with van der Waals surface area (Å²) >= 11 is 0. The average molecular weight is 487 g/mol. The molecule has 2 aliphatic rings. The van der Waals surface area contributed by atoms with Gasteiger partial charge in [-0.25, -0.2) is 13.2 Å². The number of hydrogen-bond acceptors (Lipinski definition) is 8. The Morgan fingerprint density at radius 1 is 1.09 bits per heavy atom. The maximum absolute atomic E-state index is 12.5. The van der Waals surface area contributed by atoms with Crippen LogP contribution in [0.5, 0.6) is 0 Å². The minimum Gasteiger partial charge on any atom is -0.451 e. The topological polar surface area (TPSA) is 126 Å². The van der Waals surface area contributed by atoms with Crippen LogP contribution >= 0.6 is 0 Å². The molecule has 2 atom stereocenters. The quantitative estimate of drug-likeness (QED) is 0.593. The van der Waals surface area contributed by atoms with Gasteiger partial charge in [-0.05, 0) is 50.2 Å². The Morgan fingerprint density at radius 3 is 2.47 bits per heavy atom. The molecular formula is C23H26N4O6S. The van der Waals surface area contributed by atoms with E-state index < -0.39 is 34.0 Å². The number of carbonyl (C=O) groups excluding carboxylic acids is 2. The minimum absolute atomic E-state index is 0.0671. The number of nitrogens with zero attached hydrogens (tertiary/aromatic N) is 2. The lowest BCUT2D eigenvalue weighted by atomic mass is 10.2. The van der Waals surface area contributed by atoms with Crippen molar-refractivity contribution in [3.63, 3.8) is 0 Å². The number of rotatable bonds is 6. The minimum atomic E-state index is -3.71. The van der Waals surface area contributed by atoms with Crippen LogP contribution in [-0.4, -0.2) is 64.6 Å². The molecule has 1 unspecified atom stereocenters. The predicted molar refractivity (Wildman–Crippen MR) is 126 cm³/mol. The average Bonchev–Trinajstić information content (AvgIpc) is 3.09. The highest BCUT2D eigenvalue weighted by Crippen LogP contribution is 2.23. The first-order chi connectivity index (χ1) is 16.2. The smallest absolute Gasteiger partial charge is 0.331 e. The molecule has 0 saturated carbocycles. The Kier molecular flexibility index (Phi) is 6.85. The maximum Gasteiger partial charge on any atom is 0.331 e. The number of morpholine rings is 1. The van der Waals surface area contributed by atoms with Gasteiger partial charge in [-0.3, -0.25) is 14.5 Å². The van der Waals surface area contributed by atoms with Crippen molar-refractivity contribution >= 4 is 39.1 Å². The second-order valence-electron chi connectivity index (χ2n) is 7.97. The van der Waals surface area contributed by atoms with Gasteiger partial charge in [-0.15, -0.1) is 0 Å². The van der Waals surface area contributed by atoms with Gasteiger partial charge in [0.2, 0.25) is 0 Å². The van der Waals surface area contributed by atoms with Crippen LogP contribution in [0, 0.1) is 0 Å². The van der Waals surface area contributed by atoms with E-state index in [0.717, 1.165) is 18.8 Å². The van der Waals surface area contributed by atoms with Gasteiger partial charge in [-0.2, -0.15) is 0 Å². The number of carbonyl (C=O) groups is 2. The third kappa shape index (κ3) is 5.20. The fraction of sp³-hybridized carbons (Fsp3) is 0.348. The van der Waals surface area contributed by atoms with Gasteiger partial charge in [-0.1, -0.05) is 12.1 Å². The third-order valence-corrected chi connectivity index (χ3v) is 6.90. The Labute approximate surface area is 198 Å². The molecule has 2 N–H and O–H groups in total. The molecule has 0 bridgehead atoms. The number of benzene rings is 2. The fourth-order valence-electron chi connectivity index (χ4n) is 3.62. The van der Waals surface area contributed by atoms with E-state index in [1.54, 1.807) is 30.3 Å². The van der Waals surface area contributed by atoms with E-state index in [9.17, 15) is 18.0 Å². The molecule has 0 aliphatic carbocycles. The molecule has 2 heterocycles. The molecule has 2 aromatic carbocycles. The molecule has 1 saturated heterocycles. The number of hydrogen-bond donors (Lipinski definition) is 2. The summed E-state index contributed by atoms with van der Waals surface area (Å²) in [6.07, 6.45) is -1.07. The summed E-state index contributed by atoms with van der Waals surface area (Å²) in [7, 11) is -3.71. The van der Waals surface area contributed by atoms with Crippen molar-refractivity contribution in [3.8, 4) is 0 Å². The van der Waals surface area contributed by atoms with Gasteiger partial charge in [0.15, 0.2) is 6.10 Å². The molecule has 34 heavy (non-hydrogen) atoms. The molecule has 0 spiro atoms. The first-order valence-corrected chi connectivity index (χ1v) is 12.4. The van der Waals surface area contributed by atoms with Crippen molar-refractivity contribution in [3.05, 3.63) is 54.1 Å². The van der Waals surface area contributed by atoms with Crippen LogP contribution in [0.4, 0.5) is 11.4 Å². The second-order valence-corrected chi connectivity index (χ2v) is 9.62. The van der Waals surface area contributed by atoms with Crippen LogP contribution < -0.4 is 14.9 Å². The predicted octanol–water partition coefficient (Wildman–Crippen LogP) is 1.52. The standard InChI is InChI=1S/C23H26N4O6S/c1-15(24-21-19-5-3-4-6-20(19)34(30,31)26-21)23(29)33-16(2)22(28)25-17-7-9-18(10-8-17)27-11-13-32-14-12-27/h3-10,15-16H,11-14H2,1-2H3,(H,24,26)(H,25,28)/t15-,16?/m0/s1. The lowest BCUT2D eigenvalue weighted by Gasteiger charge is -2.28. The van der Waals surface area contributed by atoms with E-state index in [2.05, 4.69) is 19.9 Å². The molecule has 2 aliphatic heterocycles. The van der Waals surface area contributed by atoms with Gasteiger partial charge in [0.25, 0.3) is 15.9 Å². The van der Waals surface area contributed by atoms with Crippen molar-refractivity contribution in [2.24, 2.45) is 4.99 Å². The first kappa shape index (κ1) is 23.7. The molecule has 2 aromatic rings. The summed E-state index contributed by atoms with van der Waals surface area (Å²) in [6.45, 7) is 5.93. The molecule has 11 heteroatoms. The van der Waals surface area contributed by atoms with Crippen molar-refractivity contribution in [2.45, 2.75) is 30.9 Å². The van der Waals surface area contributed by atoms with Crippen LogP contribution in [0.2, 0.25) is 0 Å². The van der Waals surface area contributed by atoms with Crippen molar-refractivity contribution < 1.29 is 27.5 Å². The van der Waals surface area contributed by atoms with Crippen molar-refractivity contribution in [2.75, 3.05) is 36.5 Å². The molecule has 1 fully saturated rings. The van der Waals surface area contributed by atoms with E-state index >= 15 is 0 Å². The normalized spacial score (nSPS) is 19.6. The monoisotopic (exact) mass is 486 g/mol. The molecule has 1 amide bonds. The van der Waals surface area contributed by atoms with Gasteiger partial charge in [0.1, 0.15) is 11.9 Å². The summed E-state index contributed by atoms with van der Waals surface area (Å²) in [6, 6.07) is 12.7. The van der Waals surface area contributed by atoms with E-state index in [1.165, 1.54) is 19.9 Å². The van der Waals surface area contributed by atoms with Crippen LogP contribution in [0.1, 0.15) is 19.4 Å². The Bertz CT molecular complexity index is 1210. The van der Waals surface area contributed by atoms with E-state index in [0.29, 0.717) is 24.5 Å². The zero-order valence-electron chi connectivity index (χ0n) is 18.9. The summed E-state index contributed by atoms with van der Waals surface area (Å²) in [4.78, 5) is 31.5. The van der Waals surface area contributed by atoms with Crippen molar-refractivity contribution in [1.29, 1.82) is 0 Å². The highest BCUT2D eigenvalue weighted by molar-refractivity contribution is 7.90. The molecule has 0 aromatic heterocycles. The van der Waals surface area contributed by atoms with Crippen LogP contribution in [0.3, 0.4) is 0 Å². The van der Waals surface area contributed by atoms with Gasteiger partial charge >= 0.3 is 5.97 Å². The van der Waals surface area contributed by atoms with Gasteiger partial charge in [0, 0.05) is 30.0 Å². The second kappa shape index (κ2) is 9.82. The number of ether oxygens (including phenoxy) is 2. The van der Waals surface area contributed by atoms with Crippen LogP contribution in [-0.2, 0) is 29.1 Å². The maximum atomic E-state index is 12.5. The zero-order valence-corrected chi connectivity index (χ0v) is 19.7. The highest BCUT2D eigenvalue weighted by Gasteiger charge is 2.31. The molecule has 10 nitrogen and oxygen atoms in total. The summed E-state index contributed by atoms with van der Waals surface area (Å²) in [5.41, 5.74) is 2.00. The van der Waals surface area contributed by atoms with E-state index in [4.69, 9.17) is 9.47 Å². The summed E-state index contributed by atoms with van der Waals surface area (Å²) < 4.78 is 37.4. The molecule has 4 rings (SSSR count). The van der Waals surface area contributed by atoms with E-state index in [-0.39, 0.29) is 10.7 Å². The number of aliphatic imine (C=N–C) groups is 1. The Hall–Kier alpha value is -3.44. The number of nitrogens with one attached hydrogen (secondary N) is 2. The van der Waals surface area contributed by atoms with Crippen LogP contribution in [0.15, 0.2) is 58.4 Å². The molecule has 180 valence electrons. The number of amides is 1. The number of fused-ring (bicyclic) bond motifs is 1. The fourth-order valence-corrected chi connectivity index (χ4v) is 4.86. The lowest BCUT2D eigenvalue weighted by molar-refractivity contribution is -0.153. The summed E-state index contributed by atoms with van der Waals surface area (Å²) in [5, 5.41) is 2.73. The SMILES string of the molecule is CC(OC(=O)[C@H](C)N=C1NS(=O)(=O)c2ccccc21)C(=O)Nc1ccc(N2CCOCC2)cc1. The summed E-state index contributed by atoms with van der Waals surface area (Å²) in [5.74, 6) is -1.17. The van der Waals surface area contributed by atoms with E-state index in [1.807, 2.05) is 12.1 Å². The zero-order chi connectivity index (χ0) is 24.3. The first-order valence-electron chi connectivity index (χ1n) is 10.9. The number of sulfonamides is 1. The largest absolute Gasteiger partial charge is 0.451 e. The Morgan fingerprint density at radius 2 is 1.76 bits per heavy atom. The number of anilines is 2. The van der Waals surface area contributed by atoms with Crippen molar-refractivity contribution in [1.82, 2.24) is 4.72 Å². The van der Waals surface area contributed by atoms with Crippen LogP contribution in [0.25, 0.3) is 0 Å². The Balaban J connectivity index is 1.34. The number of esters is 1. The molecular weight excluding hydrogens is 460 g/mol. The highest BCUT2D eigenvalue weighted by atomic mass is 32.2. The molecule has 0 radical (unpaired) electrons.